The Kier molecular flexibility index (Phi) is 4.90. The molecule has 3 nitrogen and oxygen atoms in total. The van der Waals surface area contributed by atoms with E-state index in [0.717, 1.165) is 0 Å². The highest BCUT2D eigenvalue weighted by Gasteiger charge is 2.43. The second-order valence-electron chi connectivity index (χ2n) is 7.06. The van der Waals surface area contributed by atoms with Gasteiger partial charge in [-0.25, -0.2) is 0 Å². The molecule has 0 spiro atoms. The van der Waals surface area contributed by atoms with Crippen molar-refractivity contribution in [3.63, 3.8) is 0 Å². The fourth-order valence-electron chi connectivity index (χ4n) is 1.73. The third-order valence-corrected chi connectivity index (χ3v) is 8.39. The van der Waals surface area contributed by atoms with Gasteiger partial charge in [-0.2, -0.15) is 0 Å². The lowest BCUT2D eigenvalue weighted by Crippen LogP contribution is -2.44. The highest BCUT2D eigenvalue weighted by Crippen LogP contribution is 2.37. The molecule has 4 heteroatoms. The molecule has 1 aliphatic rings. The monoisotopic (exact) mass is 284 g/mol. The molecule has 1 heterocycles. The SMILES string of the molecule is CC#C[C@H]1OC(C)(C)O[C@H]1CO[Si](C)(C)C(C)(C)C. The normalized spacial score (nSPS) is 26.9. The van der Waals surface area contributed by atoms with E-state index in [1.54, 1.807) is 0 Å². The molecular formula is C15H28O3Si. The molecule has 0 aromatic heterocycles. The predicted molar refractivity (Wildman–Crippen MR) is 80.4 cm³/mol. The molecule has 1 aliphatic heterocycles. The lowest BCUT2D eigenvalue weighted by Gasteiger charge is -2.37. The second-order valence-corrected chi connectivity index (χ2v) is 11.9. The van der Waals surface area contributed by atoms with Crippen LogP contribution in [0.1, 0.15) is 41.5 Å². The summed E-state index contributed by atoms with van der Waals surface area (Å²) in [6.45, 7) is 17.4. The van der Waals surface area contributed by atoms with E-state index < -0.39 is 14.1 Å². The van der Waals surface area contributed by atoms with Crippen LogP contribution < -0.4 is 0 Å². The molecule has 0 radical (unpaired) electrons. The van der Waals surface area contributed by atoms with Gasteiger partial charge in [0.2, 0.25) is 0 Å². The van der Waals surface area contributed by atoms with Gasteiger partial charge in [0.05, 0.1) is 6.61 Å². The number of hydrogen-bond acceptors (Lipinski definition) is 3. The van der Waals surface area contributed by atoms with Crippen molar-refractivity contribution in [1.29, 1.82) is 0 Å². The van der Waals surface area contributed by atoms with Crippen molar-refractivity contribution in [2.24, 2.45) is 0 Å². The molecule has 2 atom stereocenters. The van der Waals surface area contributed by atoms with E-state index in [4.69, 9.17) is 13.9 Å². The quantitative estimate of drug-likeness (QED) is 0.586. The minimum absolute atomic E-state index is 0.100. The minimum Gasteiger partial charge on any atom is -0.414 e. The number of hydrogen-bond donors (Lipinski definition) is 0. The van der Waals surface area contributed by atoms with Crippen LogP contribution >= 0.6 is 0 Å². The highest BCUT2D eigenvalue weighted by molar-refractivity contribution is 6.74. The summed E-state index contributed by atoms with van der Waals surface area (Å²) < 4.78 is 17.9. The summed E-state index contributed by atoms with van der Waals surface area (Å²) in [5.74, 6) is 5.40. The smallest absolute Gasteiger partial charge is 0.192 e. The van der Waals surface area contributed by atoms with Crippen LogP contribution in [0, 0.1) is 11.8 Å². The van der Waals surface area contributed by atoms with Gasteiger partial charge in [-0.3, -0.25) is 0 Å². The molecule has 1 rings (SSSR count). The molecule has 0 aromatic rings. The van der Waals surface area contributed by atoms with Crippen LogP contribution in [0.15, 0.2) is 0 Å². The fraction of sp³-hybridized carbons (Fsp3) is 0.867. The Labute approximate surface area is 119 Å². The van der Waals surface area contributed by atoms with Gasteiger partial charge >= 0.3 is 0 Å². The van der Waals surface area contributed by atoms with E-state index in [9.17, 15) is 0 Å². The standard InChI is InChI=1S/C15H28O3Si/c1-9-10-12-13(18-15(5,6)17-12)11-16-19(7,8)14(2,3)4/h12-13H,11H2,1-8H3/t12-,13+/m1/s1. The molecule has 0 aliphatic carbocycles. The zero-order chi connectivity index (χ0) is 14.9. The summed E-state index contributed by atoms with van der Waals surface area (Å²) in [6.07, 6.45) is -0.290. The lowest BCUT2D eigenvalue weighted by molar-refractivity contribution is -0.145. The third-order valence-electron chi connectivity index (χ3n) is 3.88. The molecule has 19 heavy (non-hydrogen) atoms. The van der Waals surface area contributed by atoms with Crippen molar-refractivity contribution in [3.8, 4) is 11.8 Å². The maximum Gasteiger partial charge on any atom is 0.192 e. The maximum atomic E-state index is 6.21. The zero-order valence-corrected chi connectivity index (χ0v) is 14.6. The first kappa shape index (κ1) is 16.7. The molecule has 0 N–H and O–H groups in total. The van der Waals surface area contributed by atoms with Crippen LogP contribution in [0.25, 0.3) is 0 Å². The molecule has 0 aromatic carbocycles. The van der Waals surface area contributed by atoms with Gasteiger partial charge < -0.3 is 13.9 Å². The van der Waals surface area contributed by atoms with Gasteiger partial charge in [0, 0.05) is 0 Å². The Morgan fingerprint density at radius 2 is 1.79 bits per heavy atom. The average Bonchev–Trinajstić information content (AvgIpc) is 2.49. The molecule has 1 saturated heterocycles. The molecule has 0 saturated carbocycles. The first-order chi connectivity index (χ1) is 8.48. The van der Waals surface area contributed by atoms with Gasteiger partial charge in [-0.1, -0.05) is 26.7 Å². The predicted octanol–water partition coefficient (Wildman–Crippen LogP) is 3.55. The van der Waals surface area contributed by atoms with E-state index in [2.05, 4.69) is 45.7 Å². The fourth-order valence-corrected chi connectivity index (χ4v) is 2.74. The summed E-state index contributed by atoms with van der Waals surface area (Å²) in [5, 5.41) is 0.202. The third kappa shape index (κ3) is 4.32. The topological polar surface area (TPSA) is 27.7 Å². The van der Waals surface area contributed by atoms with Crippen molar-refractivity contribution in [3.05, 3.63) is 0 Å². The molecular weight excluding hydrogens is 256 g/mol. The largest absolute Gasteiger partial charge is 0.414 e. The van der Waals surface area contributed by atoms with Gasteiger partial charge in [0.1, 0.15) is 12.2 Å². The summed E-state index contributed by atoms with van der Waals surface area (Å²) in [6, 6.07) is 0. The summed E-state index contributed by atoms with van der Waals surface area (Å²) >= 11 is 0. The van der Waals surface area contributed by atoms with Crippen molar-refractivity contribution in [2.45, 2.75) is 77.7 Å². The molecule has 1 fully saturated rings. The Balaban J connectivity index is 2.68. The highest BCUT2D eigenvalue weighted by atomic mass is 28.4. The van der Waals surface area contributed by atoms with Crippen LogP contribution in [-0.2, 0) is 13.9 Å². The number of rotatable bonds is 3. The van der Waals surface area contributed by atoms with E-state index in [1.165, 1.54) is 0 Å². The van der Waals surface area contributed by atoms with Crippen LogP contribution in [0.2, 0.25) is 18.1 Å². The Morgan fingerprint density at radius 3 is 2.26 bits per heavy atom. The van der Waals surface area contributed by atoms with E-state index in [0.29, 0.717) is 6.61 Å². The van der Waals surface area contributed by atoms with E-state index in [-0.39, 0.29) is 17.2 Å². The van der Waals surface area contributed by atoms with E-state index >= 15 is 0 Å². The van der Waals surface area contributed by atoms with Crippen molar-refractivity contribution in [2.75, 3.05) is 6.61 Å². The summed E-state index contributed by atoms with van der Waals surface area (Å²) in [5.41, 5.74) is 0. The Bertz CT molecular complexity index is 371. The maximum absolute atomic E-state index is 6.21. The molecule has 0 unspecified atom stereocenters. The van der Waals surface area contributed by atoms with E-state index in [1.807, 2.05) is 20.8 Å². The van der Waals surface area contributed by atoms with Crippen LogP contribution in [0.3, 0.4) is 0 Å². The summed E-state index contributed by atoms with van der Waals surface area (Å²) in [4.78, 5) is 0. The van der Waals surface area contributed by atoms with Crippen molar-refractivity contribution in [1.82, 2.24) is 0 Å². The van der Waals surface area contributed by atoms with Crippen LogP contribution in [-0.4, -0.2) is 32.9 Å². The average molecular weight is 284 g/mol. The first-order valence-corrected chi connectivity index (χ1v) is 9.81. The second kappa shape index (κ2) is 5.57. The number of ether oxygens (including phenoxy) is 2. The zero-order valence-electron chi connectivity index (χ0n) is 13.6. The molecule has 110 valence electrons. The van der Waals surface area contributed by atoms with Crippen molar-refractivity contribution < 1.29 is 13.9 Å². The van der Waals surface area contributed by atoms with Gasteiger partial charge in [-0.15, -0.1) is 5.92 Å². The van der Waals surface area contributed by atoms with Crippen LogP contribution in [0.4, 0.5) is 0 Å². The molecule has 0 bridgehead atoms. The lowest BCUT2D eigenvalue weighted by atomic mass is 10.2. The van der Waals surface area contributed by atoms with Gasteiger partial charge in [0.15, 0.2) is 14.1 Å². The summed E-state index contributed by atoms with van der Waals surface area (Å²) in [7, 11) is -1.76. The molecule has 0 amide bonds. The van der Waals surface area contributed by atoms with Crippen LogP contribution in [0.5, 0.6) is 0 Å². The Morgan fingerprint density at radius 1 is 1.21 bits per heavy atom. The Hall–Kier alpha value is -0.343. The van der Waals surface area contributed by atoms with Gasteiger partial charge in [0.25, 0.3) is 0 Å². The van der Waals surface area contributed by atoms with Crippen molar-refractivity contribution >= 4 is 8.32 Å². The minimum atomic E-state index is -1.76. The van der Waals surface area contributed by atoms with Gasteiger partial charge in [-0.05, 0) is 38.9 Å². The first-order valence-electron chi connectivity index (χ1n) is 6.90.